The molecule has 2 N–H and O–H groups in total. The lowest BCUT2D eigenvalue weighted by molar-refractivity contribution is 0.170. The van der Waals surface area contributed by atoms with E-state index in [1.54, 1.807) is 14.2 Å². The molecule has 0 aliphatic heterocycles. The standard InChI is InChI=1S/C12H20N2O2/c1-5-9-11(14(6-2)16-4)8-7-10(13)12(9)15-3/h7-8H,5-6,13H2,1-4H3. The van der Waals surface area contributed by atoms with Crippen LogP contribution in [-0.2, 0) is 11.3 Å². The predicted molar refractivity (Wildman–Crippen MR) is 66.8 cm³/mol. The van der Waals surface area contributed by atoms with Crippen LogP contribution in [-0.4, -0.2) is 20.8 Å². The van der Waals surface area contributed by atoms with Crippen LogP contribution >= 0.6 is 0 Å². The van der Waals surface area contributed by atoms with Crippen LogP contribution in [0.5, 0.6) is 5.75 Å². The second kappa shape index (κ2) is 5.61. The monoisotopic (exact) mass is 224 g/mol. The highest BCUT2D eigenvalue weighted by Gasteiger charge is 2.15. The van der Waals surface area contributed by atoms with Crippen LogP contribution in [0, 0.1) is 0 Å². The number of anilines is 2. The van der Waals surface area contributed by atoms with Gasteiger partial charge in [0.1, 0.15) is 5.75 Å². The molecule has 4 nitrogen and oxygen atoms in total. The summed E-state index contributed by atoms with van der Waals surface area (Å²) in [6.45, 7) is 4.88. The fourth-order valence-corrected chi connectivity index (χ4v) is 1.85. The first kappa shape index (κ1) is 12.6. The summed E-state index contributed by atoms with van der Waals surface area (Å²) in [7, 11) is 3.30. The molecule has 0 saturated heterocycles. The van der Waals surface area contributed by atoms with Crippen molar-refractivity contribution < 1.29 is 9.57 Å². The molecule has 1 rings (SSSR count). The number of nitrogens with two attached hydrogens (primary N) is 1. The largest absolute Gasteiger partial charge is 0.494 e. The lowest BCUT2D eigenvalue weighted by atomic mass is 10.1. The summed E-state index contributed by atoms with van der Waals surface area (Å²) in [5, 5.41) is 1.82. The van der Waals surface area contributed by atoms with Crippen molar-refractivity contribution in [3.8, 4) is 5.75 Å². The Morgan fingerprint density at radius 2 is 1.94 bits per heavy atom. The highest BCUT2D eigenvalue weighted by atomic mass is 16.7. The molecule has 1 aromatic carbocycles. The van der Waals surface area contributed by atoms with Crippen molar-refractivity contribution >= 4 is 11.4 Å². The first-order valence-corrected chi connectivity index (χ1v) is 5.46. The van der Waals surface area contributed by atoms with Gasteiger partial charge in [0.25, 0.3) is 0 Å². The Hall–Kier alpha value is -1.42. The van der Waals surface area contributed by atoms with E-state index in [4.69, 9.17) is 15.3 Å². The van der Waals surface area contributed by atoms with Gasteiger partial charge < -0.3 is 10.5 Å². The molecule has 0 atom stereocenters. The molecule has 0 spiro atoms. The lowest BCUT2D eigenvalue weighted by Crippen LogP contribution is -2.22. The maximum atomic E-state index is 5.88. The maximum Gasteiger partial charge on any atom is 0.147 e. The summed E-state index contributed by atoms with van der Waals surface area (Å²) >= 11 is 0. The van der Waals surface area contributed by atoms with Gasteiger partial charge >= 0.3 is 0 Å². The number of rotatable bonds is 5. The third-order valence-corrected chi connectivity index (χ3v) is 2.60. The number of benzene rings is 1. The molecule has 0 heterocycles. The number of methoxy groups -OCH3 is 1. The minimum atomic E-state index is 0.662. The van der Waals surface area contributed by atoms with Crippen molar-refractivity contribution in [2.24, 2.45) is 0 Å². The van der Waals surface area contributed by atoms with Crippen LogP contribution in [0.1, 0.15) is 19.4 Å². The van der Waals surface area contributed by atoms with Gasteiger partial charge in [-0.15, -0.1) is 0 Å². The SMILES string of the molecule is CCc1c(N(CC)OC)ccc(N)c1OC. The Labute approximate surface area is 96.9 Å². The van der Waals surface area contributed by atoms with E-state index in [1.807, 2.05) is 24.1 Å². The van der Waals surface area contributed by atoms with E-state index in [1.165, 1.54) is 0 Å². The molecule has 0 bridgehead atoms. The number of hydrogen-bond donors (Lipinski definition) is 1. The molecule has 0 aliphatic rings. The molecular formula is C12H20N2O2. The topological polar surface area (TPSA) is 47.7 Å². The van der Waals surface area contributed by atoms with Gasteiger partial charge in [0.2, 0.25) is 0 Å². The Morgan fingerprint density at radius 1 is 1.25 bits per heavy atom. The van der Waals surface area contributed by atoms with Gasteiger partial charge in [0, 0.05) is 12.1 Å². The molecule has 0 aliphatic carbocycles. The summed E-state index contributed by atoms with van der Waals surface area (Å²) in [4.78, 5) is 5.30. The number of hydroxylamine groups is 1. The summed E-state index contributed by atoms with van der Waals surface area (Å²) in [6.07, 6.45) is 0.851. The van der Waals surface area contributed by atoms with E-state index in [-0.39, 0.29) is 0 Å². The summed E-state index contributed by atoms with van der Waals surface area (Å²) in [6, 6.07) is 3.80. The molecule has 4 heteroatoms. The van der Waals surface area contributed by atoms with E-state index in [2.05, 4.69) is 6.92 Å². The van der Waals surface area contributed by atoms with Crippen LogP contribution in [0.15, 0.2) is 12.1 Å². The quantitative estimate of drug-likeness (QED) is 0.615. The second-order valence-corrected chi connectivity index (χ2v) is 3.42. The molecule has 0 unspecified atom stereocenters. The van der Waals surface area contributed by atoms with E-state index in [0.717, 1.165) is 30.0 Å². The van der Waals surface area contributed by atoms with Crippen LogP contribution in [0.2, 0.25) is 0 Å². The smallest absolute Gasteiger partial charge is 0.147 e. The second-order valence-electron chi connectivity index (χ2n) is 3.42. The van der Waals surface area contributed by atoms with Crippen LogP contribution < -0.4 is 15.5 Å². The van der Waals surface area contributed by atoms with Gasteiger partial charge in [-0.2, -0.15) is 0 Å². The Morgan fingerprint density at radius 3 is 2.38 bits per heavy atom. The van der Waals surface area contributed by atoms with Gasteiger partial charge in [-0.1, -0.05) is 6.92 Å². The number of ether oxygens (including phenoxy) is 1. The summed E-state index contributed by atoms with van der Waals surface area (Å²) in [5.41, 5.74) is 8.63. The van der Waals surface area contributed by atoms with Crippen LogP contribution in [0.25, 0.3) is 0 Å². The normalized spacial score (nSPS) is 10.2. The van der Waals surface area contributed by atoms with E-state index < -0.39 is 0 Å². The Balaban J connectivity index is 3.28. The molecule has 16 heavy (non-hydrogen) atoms. The fourth-order valence-electron chi connectivity index (χ4n) is 1.85. The zero-order valence-electron chi connectivity index (χ0n) is 10.4. The third kappa shape index (κ3) is 2.22. The zero-order valence-corrected chi connectivity index (χ0v) is 10.4. The lowest BCUT2D eigenvalue weighted by Gasteiger charge is -2.24. The first-order chi connectivity index (χ1) is 7.69. The molecule has 0 aromatic heterocycles. The first-order valence-electron chi connectivity index (χ1n) is 5.46. The number of nitrogen functional groups attached to an aromatic ring is 1. The molecule has 0 radical (unpaired) electrons. The van der Waals surface area contributed by atoms with E-state index in [0.29, 0.717) is 5.69 Å². The van der Waals surface area contributed by atoms with Gasteiger partial charge in [0.15, 0.2) is 0 Å². The Kier molecular flexibility index (Phi) is 4.43. The highest BCUT2D eigenvalue weighted by molar-refractivity contribution is 5.68. The van der Waals surface area contributed by atoms with Gasteiger partial charge in [-0.05, 0) is 25.5 Å². The molecule has 90 valence electrons. The molecule has 0 fully saturated rings. The minimum absolute atomic E-state index is 0.662. The third-order valence-electron chi connectivity index (χ3n) is 2.60. The minimum Gasteiger partial charge on any atom is -0.494 e. The fraction of sp³-hybridized carbons (Fsp3) is 0.500. The van der Waals surface area contributed by atoms with Crippen molar-refractivity contribution in [3.05, 3.63) is 17.7 Å². The van der Waals surface area contributed by atoms with Gasteiger partial charge in [-0.25, -0.2) is 0 Å². The van der Waals surface area contributed by atoms with Gasteiger partial charge in [0.05, 0.1) is 25.6 Å². The number of hydrogen-bond acceptors (Lipinski definition) is 4. The van der Waals surface area contributed by atoms with Crippen molar-refractivity contribution in [2.45, 2.75) is 20.3 Å². The van der Waals surface area contributed by atoms with E-state index in [9.17, 15) is 0 Å². The summed E-state index contributed by atoms with van der Waals surface area (Å²) < 4.78 is 5.34. The van der Waals surface area contributed by atoms with Crippen LogP contribution in [0.3, 0.4) is 0 Å². The highest BCUT2D eigenvalue weighted by Crippen LogP contribution is 2.34. The predicted octanol–water partition coefficient (Wildman–Crippen LogP) is 2.23. The van der Waals surface area contributed by atoms with Crippen molar-refractivity contribution in [1.82, 2.24) is 0 Å². The number of nitrogens with zero attached hydrogens (tertiary/aromatic N) is 1. The van der Waals surface area contributed by atoms with E-state index >= 15 is 0 Å². The molecule has 0 amide bonds. The zero-order chi connectivity index (χ0) is 12.1. The molecule has 1 aromatic rings. The van der Waals surface area contributed by atoms with Crippen molar-refractivity contribution in [3.63, 3.8) is 0 Å². The molecule has 0 saturated carbocycles. The summed E-state index contributed by atoms with van der Waals surface area (Å²) in [5.74, 6) is 0.746. The Bertz CT molecular complexity index is 349. The van der Waals surface area contributed by atoms with Gasteiger partial charge in [-0.3, -0.25) is 9.90 Å². The average molecular weight is 224 g/mol. The average Bonchev–Trinajstić information content (AvgIpc) is 2.31. The maximum absolute atomic E-state index is 5.88. The van der Waals surface area contributed by atoms with Crippen molar-refractivity contribution in [1.29, 1.82) is 0 Å². The van der Waals surface area contributed by atoms with Crippen molar-refractivity contribution in [2.75, 3.05) is 31.6 Å². The van der Waals surface area contributed by atoms with Crippen LogP contribution in [0.4, 0.5) is 11.4 Å². The molecular weight excluding hydrogens is 204 g/mol.